The van der Waals surface area contributed by atoms with Crippen LogP contribution in [0, 0.1) is 5.92 Å². The Balaban J connectivity index is 2.33. The molecule has 0 unspecified atom stereocenters. The van der Waals surface area contributed by atoms with Crippen LogP contribution in [0.2, 0.25) is 0 Å². The Labute approximate surface area is 146 Å². The van der Waals surface area contributed by atoms with Crippen molar-refractivity contribution in [2.24, 2.45) is 5.92 Å². The van der Waals surface area contributed by atoms with Gasteiger partial charge in [0.05, 0.1) is 16.7 Å². The lowest BCUT2D eigenvalue weighted by molar-refractivity contribution is -0.119. The summed E-state index contributed by atoms with van der Waals surface area (Å²) in [5.41, 5.74) is 0.348. The highest BCUT2D eigenvalue weighted by Crippen LogP contribution is 2.19. The number of rotatable bonds is 5. The number of amides is 1. The summed E-state index contributed by atoms with van der Waals surface area (Å²) in [5.74, 6) is 0.486. The quantitative estimate of drug-likeness (QED) is 0.667. The average Bonchev–Trinajstić information content (AvgIpc) is 2.46. The van der Waals surface area contributed by atoms with Crippen LogP contribution in [-0.2, 0) is 11.3 Å². The molecule has 130 valence electrons. The van der Waals surface area contributed by atoms with Gasteiger partial charge in [-0.25, -0.2) is 4.98 Å². The van der Waals surface area contributed by atoms with Crippen molar-refractivity contribution in [1.29, 1.82) is 0 Å². The molecule has 1 aromatic heterocycles. The zero-order valence-electron chi connectivity index (χ0n) is 14.9. The lowest BCUT2D eigenvalue weighted by Gasteiger charge is -2.20. The van der Waals surface area contributed by atoms with Gasteiger partial charge in [-0.3, -0.25) is 14.2 Å². The normalized spacial score (nSPS) is 11.9. The lowest BCUT2D eigenvalue weighted by atomic mass is 10.1. The van der Waals surface area contributed by atoms with E-state index in [1.54, 1.807) is 10.6 Å². The van der Waals surface area contributed by atoms with E-state index in [0.29, 0.717) is 28.5 Å². The van der Waals surface area contributed by atoms with Gasteiger partial charge in [0, 0.05) is 12.1 Å². The van der Waals surface area contributed by atoms with Crippen LogP contribution in [0.4, 0.5) is 0 Å². The second-order valence-electron chi connectivity index (χ2n) is 7.31. The number of hydrogen-bond donors (Lipinski definition) is 1. The molecule has 0 saturated heterocycles. The highest BCUT2D eigenvalue weighted by molar-refractivity contribution is 7.99. The summed E-state index contributed by atoms with van der Waals surface area (Å²) in [7, 11) is 0. The largest absolute Gasteiger partial charge is 0.351 e. The summed E-state index contributed by atoms with van der Waals surface area (Å²) in [4.78, 5) is 29.4. The summed E-state index contributed by atoms with van der Waals surface area (Å²) in [6, 6.07) is 7.33. The second kappa shape index (κ2) is 7.38. The Hall–Kier alpha value is -1.82. The van der Waals surface area contributed by atoms with Gasteiger partial charge in [-0.15, -0.1) is 0 Å². The maximum atomic E-state index is 12.8. The summed E-state index contributed by atoms with van der Waals surface area (Å²) < 4.78 is 1.68. The second-order valence-corrected chi connectivity index (χ2v) is 8.25. The monoisotopic (exact) mass is 347 g/mol. The minimum Gasteiger partial charge on any atom is -0.351 e. The Morgan fingerprint density at radius 1 is 1.29 bits per heavy atom. The van der Waals surface area contributed by atoms with Crippen molar-refractivity contribution < 1.29 is 4.79 Å². The van der Waals surface area contributed by atoms with Gasteiger partial charge in [-0.05, 0) is 38.8 Å². The molecular formula is C18H25N3O2S. The fourth-order valence-corrected chi connectivity index (χ4v) is 3.18. The van der Waals surface area contributed by atoms with E-state index in [-0.39, 0.29) is 22.8 Å². The first-order chi connectivity index (χ1) is 11.2. The molecule has 1 amide bonds. The summed E-state index contributed by atoms with van der Waals surface area (Å²) in [6.45, 7) is 10.5. The number of thioether (sulfide) groups is 1. The SMILES string of the molecule is CC(C)Cn1c(SCC(=O)NC(C)(C)C)nc2ccccc2c1=O. The van der Waals surface area contributed by atoms with Crippen molar-refractivity contribution in [2.45, 2.75) is 51.9 Å². The van der Waals surface area contributed by atoms with Crippen molar-refractivity contribution >= 4 is 28.6 Å². The highest BCUT2D eigenvalue weighted by Gasteiger charge is 2.17. The van der Waals surface area contributed by atoms with E-state index in [1.807, 2.05) is 39.0 Å². The van der Waals surface area contributed by atoms with Crippen LogP contribution in [-0.4, -0.2) is 26.8 Å². The van der Waals surface area contributed by atoms with E-state index >= 15 is 0 Å². The molecule has 5 nitrogen and oxygen atoms in total. The van der Waals surface area contributed by atoms with Crippen molar-refractivity contribution in [3.8, 4) is 0 Å². The number of benzene rings is 1. The molecule has 1 heterocycles. The van der Waals surface area contributed by atoms with Gasteiger partial charge in [-0.2, -0.15) is 0 Å². The Morgan fingerprint density at radius 2 is 1.96 bits per heavy atom. The molecule has 1 aromatic carbocycles. The number of fused-ring (bicyclic) bond motifs is 1. The smallest absolute Gasteiger partial charge is 0.262 e. The third-order valence-electron chi connectivity index (χ3n) is 3.22. The van der Waals surface area contributed by atoms with E-state index in [0.717, 1.165) is 0 Å². The molecule has 2 aromatic rings. The van der Waals surface area contributed by atoms with Gasteiger partial charge in [0.15, 0.2) is 5.16 Å². The van der Waals surface area contributed by atoms with Crippen molar-refractivity contribution in [3.63, 3.8) is 0 Å². The highest BCUT2D eigenvalue weighted by atomic mass is 32.2. The summed E-state index contributed by atoms with van der Waals surface area (Å²) in [5, 5.41) is 4.13. The van der Waals surface area contributed by atoms with Gasteiger partial charge >= 0.3 is 0 Å². The average molecular weight is 347 g/mol. The fourth-order valence-electron chi connectivity index (χ4n) is 2.37. The minimum atomic E-state index is -0.272. The first-order valence-electron chi connectivity index (χ1n) is 8.11. The van der Waals surface area contributed by atoms with E-state index in [2.05, 4.69) is 24.1 Å². The van der Waals surface area contributed by atoms with Crippen molar-refractivity contribution in [3.05, 3.63) is 34.6 Å². The molecule has 2 rings (SSSR count). The molecule has 0 aliphatic rings. The van der Waals surface area contributed by atoms with Crippen LogP contribution in [0.3, 0.4) is 0 Å². The van der Waals surface area contributed by atoms with E-state index in [4.69, 9.17) is 0 Å². The molecule has 0 aliphatic carbocycles. The van der Waals surface area contributed by atoms with Crippen LogP contribution in [0.25, 0.3) is 10.9 Å². The zero-order chi connectivity index (χ0) is 17.9. The van der Waals surface area contributed by atoms with Crippen LogP contribution in [0.15, 0.2) is 34.2 Å². The molecule has 0 atom stereocenters. The van der Waals surface area contributed by atoms with E-state index in [9.17, 15) is 9.59 Å². The summed E-state index contributed by atoms with van der Waals surface area (Å²) >= 11 is 1.31. The molecule has 0 fully saturated rings. The Morgan fingerprint density at radius 3 is 2.58 bits per heavy atom. The van der Waals surface area contributed by atoms with E-state index < -0.39 is 0 Å². The molecular weight excluding hydrogens is 322 g/mol. The predicted octanol–water partition coefficient (Wildman–Crippen LogP) is 3.06. The first kappa shape index (κ1) is 18.5. The van der Waals surface area contributed by atoms with Crippen LogP contribution >= 0.6 is 11.8 Å². The molecule has 1 N–H and O–H groups in total. The van der Waals surface area contributed by atoms with Gasteiger partial charge < -0.3 is 5.32 Å². The van der Waals surface area contributed by atoms with Crippen molar-refractivity contribution in [1.82, 2.24) is 14.9 Å². The van der Waals surface area contributed by atoms with Crippen LogP contribution in [0.5, 0.6) is 0 Å². The van der Waals surface area contributed by atoms with Gasteiger partial charge in [-0.1, -0.05) is 37.7 Å². The lowest BCUT2D eigenvalue weighted by Crippen LogP contribution is -2.41. The number of carbonyl (C=O) groups excluding carboxylic acids is 1. The van der Waals surface area contributed by atoms with Gasteiger partial charge in [0.2, 0.25) is 5.91 Å². The molecule has 0 bridgehead atoms. The van der Waals surface area contributed by atoms with Gasteiger partial charge in [0.1, 0.15) is 0 Å². The maximum absolute atomic E-state index is 12.8. The maximum Gasteiger partial charge on any atom is 0.262 e. The minimum absolute atomic E-state index is 0.0481. The van der Waals surface area contributed by atoms with Crippen molar-refractivity contribution in [2.75, 3.05) is 5.75 Å². The van der Waals surface area contributed by atoms with Crippen LogP contribution in [0.1, 0.15) is 34.6 Å². The first-order valence-corrected chi connectivity index (χ1v) is 9.09. The molecule has 0 saturated carbocycles. The number of nitrogens with zero attached hydrogens (tertiary/aromatic N) is 2. The molecule has 0 radical (unpaired) electrons. The Bertz CT molecular complexity index is 791. The zero-order valence-corrected chi connectivity index (χ0v) is 15.7. The topological polar surface area (TPSA) is 64.0 Å². The summed E-state index contributed by atoms with van der Waals surface area (Å²) in [6.07, 6.45) is 0. The number of aromatic nitrogens is 2. The third kappa shape index (κ3) is 4.84. The standard InChI is InChI=1S/C18H25N3O2S/c1-12(2)10-21-16(23)13-8-6-7-9-14(13)19-17(21)24-11-15(22)20-18(3,4)5/h6-9,12H,10-11H2,1-5H3,(H,20,22). The predicted molar refractivity (Wildman–Crippen MR) is 99.5 cm³/mol. The van der Waals surface area contributed by atoms with Crippen LogP contribution < -0.4 is 10.9 Å². The van der Waals surface area contributed by atoms with Gasteiger partial charge in [0.25, 0.3) is 5.56 Å². The fraction of sp³-hybridized carbons (Fsp3) is 0.500. The number of nitrogens with one attached hydrogen (secondary N) is 1. The van der Waals surface area contributed by atoms with E-state index in [1.165, 1.54) is 11.8 Å². The Kier molecular flexibility index (Phi) is 5.70. The molecule has 6 heteroatoms. The number of hydrogen-bond acceptors (Lipinski definition) is 4. The molecule has 0 aliphatic heterocycles. The molecule has 24 heavy (non-hydrogen) atoms. The number of carbonyl (C=O) groups is 1. The third-order valence-corrected chi connectivity index (χ3v) is 4.20. The molecule has 0 spiro atoms. The number of para-hydroxylation sites is 1.